The summed E-state index contributed by atoms with van der Waals surface area (Å²) in [5, 5.41) is 9.10. The predicted molar refractivity (Wildman–Crippen MR) is 59.8 cm³/mol. The van der Waals surface area contributed by atoms with E-state index in [1.54, 1.807) is 19.2 Å². The summed E-state index contributed by atoms with van der Waals surface area (Å²) in [6.07, 6.45) is 0.612. The van der Waals surface area contributed by atoms with Gasteiger partial charge in [0.2, 0.25) is 5.91 Å². The number of hydrogen-bond donors (Lipinski definition) is 2. The zero-order valence-corrected chi connectivity index (χ0v) is 8.97. The Morgan fingerprint density at radius 3 is 2.47 bits per heavy atom. The van der Waals surface area contributed by atoms with E-state index in [2.05, 4.69) is 0 Å². The van der Waals surface area contributed by atoms with Crippen LogP contribution in [0.15, 0.2) is 24.3 Å². The summed E-state index contributed by atoms with van der Waals surface area (Å²) >= 11 is 0. The average molecular weight is 208 g/mol. The lowest BCUT2D eigenvalue weighted by molar-refractivity contribution is -0.119. The van der Waals surface area contributed by atoms with Gasteiger partial charge >= 0.3 is 0 Å². The number of phenolic OH excluding ortho intramolecular Hbond substituents is 1. The zero-order chi connectivity index (χ0) is 11.4. The number of benzene rings is 1. The Bertz CT molecular complexity index is 335. The van der Waals surface area contributed by atoms with Crippen molar-refractivity contribution in [1.82, 2.24) is 0 Å². The Balaban J connectivity index is 2.80. The molecule has 0 fully saturated rings. The molecule has 1 amide bonds. The Morgan fingerprint density at radius 2 is 2.00 bits per heavy atom. The number of carbonyl (C=O) groups is 1. The van der Waals surface area contributed by atoms with Gasteiger partial charge in [0.25, 0.3) is 0 Å². The molecule has 0 saturated carbocycles. The maximum Gasteiger partial charge on any atom is 0.243 e. The highest BCUT2D eigenvalue weighted by atomic mass is 16.3. The lowest BCUT2D eigenvalue weighted by Crippen LogP contribution is -2.41. The minimum absolute atomic E-state index is 0.122. The standard InChI is InChI=1S/C11H16N2O2/c1-3-10(12)11(15)13(2)8-4-6-9(14)7-5-8/h4-7,10,14H,3,12H2,1-2H3/t10-/m0/s1. The number of amides is 1. The van der Waals surface area contributed by atoms with Gasteiger partial charge in [-0.3, -0.25) is 4.79 Å². The number of carbonyl (C=O) groups excluding carboxylic acids is 1. The molecule has 0 aliphatic heterocycles. The summed E-state index contributed by atoms with van der Waals surface area (Å²) in [6, 6.07) is 5.96. The number of phenols is 1. The van der Waals surface area contributed by atoms with E-state index in [0.29, 0.717) is 6.42 Å². The van der Waals surface area contributed by atoms with Crippen molar-refractivity contribution in [2.24, 2.45) is 5.73 Å². The van der Waals surface area contributed by atoms with E-state index < -0.39 is 6.04 Å². The second-order valence-corrected chi connectivity index (χ2v) is 3.43. The summed E-state index contributed by atoms with van der Waals surface area (Å²) in [6.45, 7) is 1.87. The van der Waals surface area contributed by atoms with E-state index in [0.717, 1.165) is 5.69 Å². The van der Waals surface area contributed by atoms with Crippen LogP contribution < -0.4 is 10.6 Å². The molecule has 0 radical (unpaired) electrons. The Morgan fingerprint density at radius 1 is 1.47 bits per heavy atom. The van der Waals surface area contributed by atoms with E-state index in [-0.39, 0.29) is 11.7 Å². The van der Waals surface area contributed by atoms with Crippen LogP contribution in [0.1, 0.15) is 13.3 Å². The fourth-order valence-corrected chi connectivity index (χ4v) is 1.23. The SMILES string of the molecule is CC[C@H](N)C(=O)N(C)c1ccc(O)cc1. The first kappa shape index (κ1) is 11.5. The van der Waals surface area contributed by atoms with E-state index in [4.69, 9.17) is 10.8 Å². The molecule has 1 rings (SSSR count). The summed E-state index contributed by atoms with van der Waals surface area (Å²) < 4.78 is 0. The van der Waals surface area contributed by atoms with Crippen LogP contribution in [0.4, 0.5) is 5.69 Å². The van der Waals surface area contributed by atoms with Crippen molar-refractivity contribution in [1.29, 1.82) is 0 Å². The van der Waals surface area contributed by atoms with Crippen molar-refractivity contribution in [3.05, 3.63) is 24.3 Å². The largest absolute Gasteiger partial charge is 0.508 e. The highest BCUT2D eigenvalue weighted by Crippen LogP contribution is 2.17. The topological polar surface area (TPSA) is 66.6 Å². The normalized spacial score (nSPS) is 12.2. The summed E-state index contributed by atoms with van der Waals surface area (Å²) in [7, 11) is 1.67. The molecule has 0 spiro atoms. The molecule has 0 aliphatic rings. The highest BCUT2D eigenvalue weighted by molar-refractivity contribution is 5.96. The second-order valence-electron chi connectivity index (χ2n) is 3.43. The molecule has 82 valence electrons. The van der Waals surface area contributed by atoms with Gasteiger partial charge in [0, 0.05) is 12.7 Å². The van der Waals surface area contributed by atoms with Gasteiger partial charge in [-0.2, -0.15) is 0 Å². The Hall–Kier alpha value is -1.55. The molecule has 0 saturated heterocycles. The number of rotatable bonds is 3. The first-order chi connectivity index (χ1) is 7.06. The van der Waals surface area contributed by atoms with Crippen molar-refractivity contribution >= 4 is 11.6 Å². The molecule has 0 aliphatic carbocycles. The number of nitrogens with two attached hydrogens (primary N) is 1. The van der Waals surface area contributed by atoms with Crippen molar-refractivity contribution < 1.29 is 9.90 Å². The molecule has 0 bridgehead atoms. The first-order valence-corrected chi connectivity index (χ1v) is 4.88. The molecular formula is C11H16N2O2. The maximum atomic E-state index is 11.7. The van der Waals surface area contributed by atoms with Gasteiger partial charge in [0.1, 0.15) is 5.75 Å². The third-order valence-corrected chi connectivity index (χ3v) is 2.32. The van der Waals surface area contributed by atoms with Gasteiger partial charge in [-0.05, 0) is 30.7 Å². The van der Waals surface area contributed by atoms with Crippen LogP contribution in [0.25, 0.3) is 0 Å². The molecule has 0 unspecified atom stereocenters. The van der Waals surface area contributed by atoms with Gasteiger partial charge in [-0.1, -0.05) is 6.92 Å². The van der Waals surface area contributed by atoms with E-state index in [9.17, 15) is 4.79 Å². The van der Waals surface area contributed by atoms with Crippen molar-refractivity contribution in [2.75, 3.05) is 11.9 Å². The minimum Gasteiger partial charge on any atom is -0.508 e. The lowest BCUT2D eigenvalue weighted by Gasteiger charge is -2.20. The maximum absolute atomic E-state index is 11.7. The van der Waals surface area contributed by atoms with Crippen LogP contribution in [0, 0.1) is 0 Å². The summed E-state index contributed by atoms with van der Waals surface area (Å²) in [4.78, 5) is 13.2. The van der Waals surface area contributed by atoms with Crippen LogP contribution in [0.5, 0.6) is 5.75 Å². The van der Waals surface area contributed by atoms with Gasteiger partial charge in [-0.25, -0.2) is 0 Å². The Kier molecular flexibility index (Phi) is 3.68. The third kappa shape index (κ3) is 2.70. The number of anilines is 1. The van der Waals surface area contributed by atoms with Gasteiger partial charge in [0.15, 0.2) is 0 Å². The Labute approximate surface area is 89.3 Å². The van der Waals surface area contributed by atoms with Crippen LogP contribution >= 0.6 is 0 Å². The quantitative estimate of drug-likeness (QED) is 0.781. The smallest absolute Gasteiger partial charge is 0.243 e. The number of likely N-dealkylation sites (N-methyl/N-ethyl adjacent to an activating group) is 1. The molecule has 3 N–H and O–H groups in total. The molecule has 1 aromatic carbocycles. The van der Waals surface area contributed by atoms with Gasteiger partial charge < -0.3 is 15.7 Å². The lowest BCUT2D eigenvalue weighted by atomic mass is 10.2. The fraction of sp³-hybridized carbons (Fsp3) is 0.364. The zero-order valence-electron chi connectivity index (χ0n) is 8.97. The van der Waals surface area contributed by atoms with Crippen molar-refractivity contribution in [3.63, 3.8) is 0 Å². The number of aromatic hydroxyl groups is 1. The first-order valence-electron chi connectivity index (χ1n) is 4.88. The molecule has 15 heavy (non-hydrogen) atoms. The molecule has 0 aromatic heterocycles. The molecular weight excluding hydrogens is 192 g/mol. The van der Waals surface area contributed by atoms with Crippen LogP contribution in [-0.2, 0) is 4.79 Å². The van der Waals surface area contributed by atoms with Gasteiger partial charge in [0.05, 0.1) is 6.04 Å². The number of nitrogens with zero attached hydrogens (tertiary/aromatic N) is 1. The predicted octanol–water partition coefficient (Wildman–Crippen LogP) is 1.09. The van der Waals surface area contributed by atoms with Gasteiger partial charge in [-0.15, -0.1) is 0 Å². The molecule has 1 atom stereocenters. The van der Waals surface area contributed by atoms with Crippen molar-refractivity contribution in [2.45, 2.75) is 19.4 Å². The number of hydrogen-bond acceptors (Lipinski definition) is 3. The highest BCUT2D eigenvalue weighted by Gasteiger charge is 2.17. The van der Waals surface area contributed by atoms with Crippen LogP contribution in [-0.4, -0.2) is 24.1 Å². The minimum atomic E-state index is -0.469. The van der Waals surface area contributed by atoms with E-state index in [1.165, 1.54) is 17.0 Å². The molecule has 0 heterocycles. The molecule has 1 aromatic rings. The second kappa shape index (κ2) is 4.79. The van der Waals surface area contributed by atoms with Crippen LogP contribution in [0.2, 0.25) is 0 Å². The fourth-order valence-electron chi connectivity index (χ4n) is 1.23. The average Bonchev–Trinajstić information content (AvgIpc) is 2.27. The van der Waals surface area contributed by atoms with Crippen LogP contribution in [0.3, 0.4) is 0 Å². The van der Waals surface area contributed by atoms with E-state index in [1.807, 2.05) is 6.92 Å². The third-order valence-electron chi connectivity index (χ3n) is 2.32. The summed E-state index contributed by atoms with van der Waals surface area (Å²) in [5.41, 5.74) is 6.37. The van der Waals surface area contributed by atoms with Crippen molar-refractivity contribution in [3.8, 4) is 5.75 Å². The summed E-state index contributed by atoms with van der Waals surface area (Å²) in [5.74, 6) is 0.0579. The molecule has 4 heteroatoms. The molecule has 4 nitrogen and oxygen atoms in total. The van der Waals surface area contributed by atoms with E-state index >= 15 is 0 Å². The monoisotopic (exact) mass is 208 g/mol.